The van der Waals surface area contributed by atoms with E-state index in [-0.39, 0.29) is 0 Å². The number of anilines is 1. The van der Waals surface area contributed by atoms with Crippen LogP contribution in [0, 0.1) is 0 Å². The van der Waals surface area contributed by atoms with E-state index < -0.39 is 6.03 Å². The van der Waals surface area contributed by atoms with Crippen LogP contribution in [0.3, 0.4) is 0 Å². The molecule has 0 aliphatic rings. The van der Waals surface area contributed by atoms with E-state index in [4.69, 9.17) is 5.73 Å². The van der Waals surface area contributed by atoms with Crippen LogP contribution in [0.4, 0.5) is 9.93 Å². The number of thioether (sulfide) groups is 1. The summed E-state index contributed by atoms with van der Waals surface area (Å²) in [7, 11) is 0. The zero-order valence-corrected chi connectivity index (χ0v) is 15.0. The summed E-state index contributed by atoms with van der Waals surface area (Å²) in [5, 5.41) is 3.94. The van der Waals surface area contributed by atoms with Crippen LogP contribution in [0.25, 0.3) is 0 Å². The van der Waals surface area contributed by atoms with Gasteiger partial charge in [-0.2, -0.15) is 0 Å². The number of benzene rings is 1. The van der Waals surface area contributed by atoms with Crippen molar-refractivity contribution in [3.05, 3.63) is 60.4 Å². The third-order valence-corrected chi connectivity index (χ3v) is 6.05. The first-order valence-corrected chi connectivity index (χ1v) is 9.65. The second-order valence-electron chi connectivity index (χ2n) is 4.61. The number of thiazole rings is 1. The number of rotatable bonds is 6. The van der Waals surface area contributed by atoms with Gasteiger partial charge in [-0.3, -0.25) is 5.32 Å². The summed E-state index contributed by atoms with van der Waals surface area (Å²) in [6, 6.07) is 15.3. The van der Waals surface area contributed by atoms with Crippen LogP contribution < -0.4 is 11.1 Å². The molecule has 0 saturated heterocycles. The van der Waals surface area contributed by atoms with Crippen molar-refractivity contribution in [2.24, 2.45) is 5.73 Å². The second kappa shape index (κ2) is 8.18. The average Bonchev–Trinajstić information content (AvgIpc) is 2.95. The summed E-state index contributed by atoms with van der Waals surface area (Å²) >= 11 is 4.64. The highest BCUT2D eigenvalue weighted by atomic mass is 32.2. The van der Waals surface area contributed by atoms with Crippen LogP contribution in [-0.4, -0.2) is 16.0 Å². The van der Waals surface area contributed by atoms with Crippen molar-refractivity contribution in [2.45, 2.75) is 19.9 Å². The standard InChI is InChI=1S/C16H14N4OS3/c17-15(21)20-16-19-12(10-22-11-6-2-1-3-7-11)14(24-16)23-13-8-4-5-9-18-13/h1-9H,10H2,(H3,17,19,20,21). The van der Waals surface area contributed by atoms with Crippen LogP contribution in [0.15, 0.2) is 68.9 Å². The van der Waals surface area contributed by atoms with Crippen molar-refractivity contribution in [2.75, 3.05) is 5.32 Å². The summed E-state index contributed by atoms with van der Waals surface area (Å²) in [6.07, 6.45) is 1.75. The molecule has 0 aliphatic heterocycles. The molecule has 3 rings (SSSR count). The smallest absolute Gasteiger partial charge is 0.318 e. The first-order valence-electron chi connectivity index (χ1n) is 7.03. The van der Waals surface area contributed by atoms with E-state index in [1.807, 2.05) is 36.4 Å². The van der Waals surface area contributed by atoms with Crippen molar-refractivity contribution in [1.29, 1.82) is 0 Å². The number of primary amides is 1. The largest absolute Gasteiger partial charge is 0.351 e. The number of aromatic nitrogens is 2. The fourth-order valence-corrected chi connectivity index (χ4v) is 4.95. The monoisotopic (exact) mass is 374 g/mol. The van der Waals surface area contributed by atoms with Crippen molar-refractivity contribution in [3.63, 3.8) is 0 Å². The van der Waals surface area contributed by atoms with Crippen LogP contribution >= 0.6 is 34.9 Å². The zero-order valence-electron chi connectivity index (χ0n) is 12.5. The van der Waals surface area contributed by atoms with E-state index in [9.17, 15) is 4.79 Å². The predicted molar refractivity (Wildman–Crippen MR) is 99.7 cm³/mol. The minimum absolute atomic E-state index is 0.504. The normalized spacial score (nSPS) is 10.5. The molecule has 3 N–H and O–H groups in total. The van der Waals surface area contributed by atoms with Gasteiger partial charge in [-0.05, 0) is 24.3 Å². The van der Waals surface area contributed by atoms with E-state index >= 15 is 0 Å². The van der Waals surface area contributed by atoms with Gasteiger partial charge in [0.15, 0.2) is 5.13 Å². The number of nitrogens with one attached hydrogen (secondary N) is 1. The minimum atomic E-state index is -0.611. The molecule has 0 saturated carbocycles. The number of pyridine rings is 1. The first kappa shape index (κ1) is 16.8. The third-order valence-electron chi connectivity index (χ3n) is 2.85. The van der Waals surface area contributed by atoms with Crippen LogP contribution in [0.1, 0.15) is 5.69 Å². The molecular formula is C16H14N4OS3. The SMILES string of the molecule is NC(=O)Nc1nc(CSc2ccccc2)c(Sc2ccccn2)s1. The predicted octanol–water partition coefficient (Wildman–Crippen LogP) is 4.47. The molecule has 0 radical (unpaired) electrons. The first-order chi connectivity index (χ1) is 11.7. The van der Waals surface area contributed by atoms with Gasteiger partial charge in [-0.1, -0.05) is 47.4 Å². The van der Waals surface area contributed by atoms with Crippen LogP contribution in [-0.2, 0) is 5.75 Å². The molecule has 0 aliphatic carbocycles. The summed E-state index contributed by atoms with van der Waals surface area (Å²) in [5.41, 5.74) is 6.10. The molecule has 2 aromatic heterocycles. The van der Waals surface area contributed by atoms with Gasteiger partial charge in [0, 0.05) is 16.8 Å². The Hall–Kier alpha value is -2.03. The van der Waals surface area contributed by atoms with E-state index in [0.717, 1.165) is 14.9 Å². The second-order valence-corrected chi connectivity index (χ2v) is 7.95. The lowest BCUT2D eigenvalue weighted by atomic mass is 10.4. The lowest BCUT2D eigenvalue weighted by molar-refractivity contribution is 0.259. The maximum Gasteiger partial charge on any atom is 0.318 e. The Morgan fingerprint density at radius 3 is 2.67 bits per heavy atom. The molecular weight excluding hydrogens is 360 g/mol. The minimum Gasteiger partial charge on any atom is -0.351 e. The summed E-state index contributed by atoms with van der Waals surface area (Å²) in [4.78, 5) is 21.1. The zero-order chi connectivity index (χ0) is 16.8. The van der Waals surface area contributed by atoms with Crippen molar-refractivity contribution >= 4 is 46.0 Å². The van der Waals surface area contributed by atoms with Gasteiger partial charge in [0.25, 0.3) is 0 Å². The maximum absolute atomic E-state index is 11.1. The number of carbonyl (C=O) groups is 1. The van der Waals surface area contributed by atoms with Gasteiger partial charge in [-0.25, -0.2) is 14.8 Å². The Morgan fingerprint density at radius 2 is 1.96 bits per heavy atom. The Labute approximate surface area is 152 Å². The molecule has 0 fully saturated rings. The van der Waals surface area contributed by atoms with Gasteiger partial charge >= 0.3 is 6.03 Å². The van der Waals surface area contributed by atoms with E-state index in [1.165, 1.54) is 28.0 Å². The van der Waals surface area contributed by atoms with Crippen molar-refractivity contribution in [3.8, 4) is 0 Å². The van der Waals surface area contributed by atoms with Crippen LogP contribution in [0.2, 0.25) is 0 Å². The lowest BCUT2D eigenvalue weighted by Crippen LogP contribution is -2.19. The van der Waals surface area contributed by atoms with Gasteiger partial charge in [0.2, 0.25) is 0 Å². The topological polar surface area (TPSA) is 80.9 Å². The fraction of sp³-hybridized carbons (Fsp3) is 0.0625. The third kappa shape index (κ3) is 4.73. The molecule has 8 heteroatoms. The van der Waals surface area contributed by atoms with Crippen molar-refractivity contribution in [1.82, 2.24) is 9.97 Å². The van der Waals surface area contributed by atoms with Crippen molar-refractivity contribution < 1.29 is 4.79 Å². The lowest BCUT2D eigenvalue weighted by Gasteiger charge is -2.02. The summed E-state index contributed by atoms with van der Waals surface area (Å²) in [5.74, 6) is 0.704. The quantitative estimate of drug-likeness (QED) is 0.622. The number of carbonyl (C=O) groups excluding carboxylic acids is 1. The van der Waals surface area contributed by atoms with E-state index in [2.05, 4.69) is 27.4 Å². The van der Waals surface area contributed by atoms with E-state index in [0.29, 0.717) is 10.9 Å². The molecule has 5 nitrogen and oxygen atoms in total. The Bertz CT molecular complexity index is 809. The molecule has 2 heterocycles. The molecule has 1 aromatic carbocycles. The van der Waals surface area contributed by atoms with Gasteiger partial charge < -0.3 is 5.73 Å². The molecule has 0 spiro atoms. The molecule has 0 bridgehead atoms. The Balaban J connectivity index is 1.79. The molecule has 2 amide bonds. The highest BCUT2D eigenvalue weighted by molar-refractivity contribution is 8.01. The Morgan fingerprint density at radius 1 is 1.17 bits per heavy atom. The molecule has 0 unspecified atom stereocenters. The highest BCUT2D eigenvalue weighted by Gasteiger charge is 2.14. The average molecular weight is 375 g/mol. The highest BCUT2D eigenvalue weighted by Crippen LogP contribution is 2.38. The number of urea groups is 1. The molecule has 3 aromatic rings. The summed E-state index contributed by atoms with van der Waals surface area (Å²) in [6.45, 7) is 0. The number of hydrogen-bond acceptors (Lipinski definition) is 6. The molecule has 24 heavy (non-hydrogen) atoms. The van der Waals surface area contributed by atoms with Crippen LogP contribution in [0.5, 0.6) is 0 Å². The molecule has 122 valence electrons. The number of hydrogen-bond donors (Lipinski definition) is 2. The van der Waals surface area contributed by atoms with Gasteiger partial charge in [0.05, 0.1) is 9.90 Å². The summed E-state index contributed by atoms with van der Waals surface area (Å²) < 4.78 is 1.00. The van der Waals surface area contributed by atoms with Gasteiger partial charge in [-0.15, -0.1) is 11.8 Å². The maximum atomic E-state index is 11.1. The van der Waals surface area contributed by atoms with Gasteiger partial charge in [0.1, 0.15) is 5.03 Å². The molecule has 0 atom stereocenters. The number of nitrogens with two attached hydrogens (primary N) is 1. The number of nitrogens with zero attached hydrogens (tertiary/aromatic N) is 2. The fourth-order valence-electron chi connectivity index (χ4n) is 1.84. The van der Waals surface area contributed by atoms with E-state index in [1.54, 1.807) is 18.0 Å². The number of amides is 2. The Kier molecular flexibility index (Phi) is 5.73.